The fraction of sp³-hybridized carbons (Fsp3) is 0.231. The molecule has 1 N–H and O–H groups in total. The van der Waals surface area contributed by atoms with Crippen LogP contribution in [0.5, 0.6) is 11.5 Å². The molecule has 4 heteroatoms. The van der Waals surface area contributed by atoms with Crippen LogP contribution in [0.4, 0.5) is 0 Å². The van der Waals surface area contributed by atoms with Crippen molar-refractivity contribution in [3.05, 3.63) is 95.6 Å². The Hall–Kier alpha value is -3.58. The molecule has 0 bridgehead atoms. The standard InChI is InChI=1S/C26H25NO3/c27-19-22-12-17-25(18-13-22)30-24-15-10-21(11-16-24)9-14-23(26(28)29)8-4-7-20-5-2-1-3-6-20/h1-3,5-6,10-13,15-18,23H,4,7-9,14H2,(H,28,29). The van der Waals surface area contributed by atoms with Gasteiger partial charge in [-0.1, -0.05) is 42.5 Å². The van der Waals surface area contributed by atoms with E-state index >= 15 is 0 Å². The number of hydrogen-bond acceptors (Lipinski definition) is 3. The van der Waals surface area contributed by atoms with E-state index in [-0.39, 0.29) is 5.92 Å². The lowest BCUT2D eigenvalue weighted by Gasteiger charge is -2.13. The van der Waals surface area contributed by atoms with E-state index in [2.05, 4.69) is 18.2 Å². The second-order valence-electron chi connectivity index (χ2n) is 7.33. The highest BCUT2D eigenvalue weighted by molar-refractivity contribution is 5.69. The van der Waals surface area contributed by atoms with Crippen LogP contribution < -0.4 is 4.74 Å². The average molecular weight is 399 g/mol. The van der Waals surface area contributed by atoms with Gasteiger partial charge >= 0.3 is 5.97 Å². The molecule has 0 spiro atoms. The molecule has 3 aromatic carbocycles. The molecular formula is C26H25NO3. The summed E-state index contributed by atoms with van der Waals surface area (Å²) in [5.41, 5.74) is 2.94. The molecule has 1 unspecified atom stereocenters. The largest absolute Gasteiger partial charge is 0.481 e. The fourth-order valence-electron chi connectivity index (χ4n) is 3.39. The van der Waals surface area contributed by atoms with Crippen LogP contribution in [0.1, 0.15) is 36.0 Å². The Balaban J connectivity index is 1.48. The summed E-state index contributed by atoms with van der Waals surface area (Å²) >= 11 is 0. The number of aliphatic carboxylic acids is 1. The highest BCUT2D eigenvalue weighted by Gasteiger charge is 2.17. The van der Waals surface area contributed by atoms with Gasteiger partial charge < -0.3 is 9.84 Å². The molecule has 0 heterocycles. The number of carbonyl (C=O) groups is 1. The summed E-state index contributed by atoms with van der Waals surface area (Å²) < 4.78 is 5.79. The first-order valence-electron chi connectivity index (χ1n) is 10.2. The van der Waals surface area contributed by atoms with E-state index in [0.29, 0.717) is 29.9 Å². The zero-order valence-electron chi connectivity index (χ0n) is 16.8. The minimum absolute atomic E-state index is 0.330. The van der Waals surface area contributed by atoms with Gasteiger partial charge in [-0.2, -0.15) is 5.26 Å². The Morgan fingerprint density at radius 3 is 2.03 bits per heavy atom. The Morgan fingerprint density at radius 2 is 1.43 bits per heavy atom. The van der Waals surface area contributed by atoms with Crippen molar-refractivity contribution in [3.63, 3.8) is 0 Å². The molecule has 3 aromatic rings. The minimum atomic E-state index is -0.719. The van der Waals surface area contributed by atoms with Gasteiger partial charge in [0.05, 0.1) is 17.6 Å². The molecule has 0 aliphatic heterocycles. The van der Waals surface area contributed by atoms with E-state index in [4.69, 9.17) is 10.00 Å². The fourth-order valence-corrected chi connectivity index (χ4v) is 3.39. The summed E-state index contributed by atoms with van der Waals surface area (Å²) in [5.74, 6) is 0.333. The normalized spacial score (nSPS) is 11.4. The summed E-state index contributed by atoms with van der Waals surface area (Å²) in [5, 5.41) is 18.4. The lowest BCUT2D eigenvalue weighted by atomic mass is 9.93. The molecule has 30 heavy (non-hydrogen) atoms. The van der Waals surface area contributed by atoms with E-state index in [1.807, 2.05) is 42.5 Å². The molecule has 4 nitrogen and oxygen atoms in total. The molecule has 0 saturated carbocycles. The van der Waals surface area contributed by atoms with Crippen molar-refractivity contribution in [1.82, 2.24) is 0 Å². The molecule has 0 aliphatic rings. The van der Waals surface area contributed by atoms with Crippen molar-refractivity contribution in [1.29, 1.82) is 5.26 Å². The van der Waals surface area contributed by atoms with E-state index < -0.39 is 5.97 Å². The highest BCUT2D eigenvalue weighted by Crippen LogP contribution is 2.23. The summed E-state index contributed by atoms with van der Waals surface area (Å²) in [6.07, 6.45) is 3.81. The molecule has 152 valence electrons. The third kappa shape index (κ3) is 6.49. The van der Waals surface area contributed by atoms with E-state index in [1.54, 1.807) is 24.3 Å². The maximum Gasteiger partial charge on any atom is 0.306 e. The number of carboxylic acids is 1. The van der Waals surface area contributed by atoms with Gasteiger partial charge in [0.15, 0.2) is 0 Å². The lowest BCUT2D eigenvalue weighted by Crippen LogP contribution is -2.15. The number of carboxylic acid groups (broad SMARTS) is 1. The zero-order chi connectivity index (χ0) is 21.2. The molecule has 0 radical (unpaired) electrons. The maximum absolute atomic E-state index is 11.6. The Morgan fingerprint density at radius 1 is 0.833 bits per heavy atom. The molecule has 0 aromatic heterocycles. The second kappa shape index (κ2) is 10.8. The molecule has 0 fully saturated rings. The summed E-state index contributed by atoms with van der Waals surface area (Å²) in [6, 6.07) is 26.9. The third-order valence-corrected chi connectivity index (χ3v) is 5.13. The highest BCUT2D eigenvalue weighted by atomic mass is 16.5. The van der Waals surface area contributed by atoms with Gasteiger partial charge in [0.1, 0.15) is 11.5 Å². The third-order valence-electron chi connectivity index (χ3n) is 5.13. The van der Waals surface area contributed by atoms with Crippen LogP contribution in [-0.2, 0) is 17.6 Å². The molecule has 1 atom stereocenters. The number of rotatable bonds is 10. The molecule has 3 rings (SSSR count). The van der Waals surface area contributed by atoms with Crippen LogP contribution in [0.2, 0.25) is 0 Å². The quantitative estimate of drug-likeness (QED) is 0.453. The number of hydrogen-bond donors (Lipinski definition) is 1. The predicted molar refractivity (Wildman–Crippen MR) is 116 cm³/mol. The number of nitrogens with zero attached hydrogens (tertiary/aromatic N) is 1. The first-order chi connectivity index (χ1) is 14.6. The van der Waals surface area contributed by atoms with Gasteiger partial charge in [-0.25, -0.2) is 0 Å². The number of aryl methyl sites for hydroxylation is 2. The predicted octanol–water partition coefficient (Wildman–Crippen LogP) is 6.01. The van der Waals surface area contributed by atoms with E-state index in [1.165, 1.54) is 5.56 Å². The van der Waals surface area contributed by atoms with E-state index in [9.17, 15) is 9.90 Å². The Labute approximate surface area is 177 Å². The second-order valence-corrected chi connectivity index (χ2v) is 7.33. The van der Waals surface area contributed by atoms with Crippen LogP contribution in [-0.4, -0.2) is 11.1 Å². The molecule has 0 amide bonds. The van der Waals surface area contributed by atoms with Gasteiger partial charge in [0.25, 0.3) is 0 Å². The van der Waals surface area contributed by atoms with Gasteiger partial charge in [-0.3, -0.25) is 4.79 Å². The van der Waals surface area contributed by atoms with Crippen LogP contribution in [0.3, 0.4) is 0 Å². The Bertz CT molecular complexity index is 974. The van der Waals surface area contributed by atoms with Gasteiger partial charge in [0.2, 0.25) is 0 Å². The molecular weight excluding hydrogens is 374 g/mol. The number of ether oxygens (including phenoxy) is 1. The summed E-state index contributed by atoms with van der Waals surface area (Å²) in [6.45, 7) is 0. The van der Waals surface area contributed by atoms with Gasteiger partial charge in [-0.05, 0) is 79.6 Å². The van der Waals surface area contributed by atoms with Crippen molar-refractivity contribution < 1.29 is 14.6 Å². The zero-order valence-corrected chi connectivity index (χ0v) is 16.8. The smallest absolute Gasteiger partial charge is 0.306 e. The van der Waals surface area contributed by atoms with Crippen molar-refractivity contribution in [3.8, 4) is 17.6 Å². The van der Waals surface area contributed by atoms with Crippen LogP contribution in [0.25, 0.3) is 0 Å². The first kappa shape index (κ1) is 21.1. The molecule has 0 saturated heterocycles. The topological polar surface area (TPSA) is 70.3 Å². The molecule has 0 aliphatic carbocycles. The monoisotopic (exact) mass is 399 g/mol. The average Bonchev–Trinajstić information content (AvgIpc) is 2.78. The maximum atomic E-state index is 11.6. The number of nitriles is 1. The van der Waals surface area contributed by atoms with Crippen molar-refractivity contribution in [2.45, 2.75) is 32.1 Å². The Kier molecular flexibility index (Phi) is 7.63. The van der Waals surface area contributed by atoms with Crippen molar-refractivity contribution in [2.24, 2.45) is 5.92 Å². The van der Waals surface area contributed by atoms with Crippen LogP contribution in [0, 0.1) is 17.2 Å². The first-order valence-corrected chi connectivity index (χ1v) is 10.2. The van der Waals surface area contributed by atoms with Gasteiger partial charge in [0, 0.05) is 0 Å². The minimum Gasteiger partial charge on any atom is -0.481 e. The van der Waals surface area contributed by atoms with Crippen molar-refractivity contribution >= 4 is 5.97 Å². The number of benzene rings is 3. The van der Waals surface area contributed by atoms with E-state index in [0.717, 1.165) is 24.8 Å². The summed E-state index contributed by atoms with van der Waals surface area (Å²) in [7, 11) is 0. The van der Waals surface area contributed by atoms with Crippen LogP contribution >= 0.6 is 0 Å². The van der Waals surface area contributed by atoms with Crippen LogP contribution in [0.15, 0.2) is 78.9 Å². The SMILES string of the molecule is N#Cc1ccc(Oc2ccc(CCC(CCCc3ccccc3)C(=O)O)cc2)cc1. The van der Waals surface area contributed by atoms with Crippen molar-refractivity contribution in [2.75, 3.05) is 0 Å². The lowest BCUT2D eigenvalue weighted by molar-refractivity contribution is -0.142. The van der Waals surface area contributed by atoms with Gasteiger partial charge in [-0.15, -0.1) is 0 Å². The summed E-state index contributed by atoms with van der Waals surface area (Å²) in [4.78, 5) is 11.6.